The summed E-state index contributed by atoms with van der Waals surface area (Å²) in [5.74, 6) is -1.39. The molecule has 166 valence electrons. The Hall–Kier alpha value is -2.49. The van der Waals surface area contributed by atoms with Gasteiger partial charge in [0.1, 0.15) is 4.90 Å². The summed E-state index contributed by atoms with van der Waals surface area (Å²) < 4.78 is 32.0. The molecule has 1 aromatic heterocycles. The van der Waals surface area contributed by atoms with Crippen LogP contribution in [0.25, 0.3) is 0 Å². The van der Waals surface area contributed by atoms with Crippen LogP contribution < -0.4 is 5.32 Å². The van der Waals surface area contributed by atoms with Gasteiger partial charge in [-0.05, 0) is 43.5 Å². The van der Waals surface area contributed by atoms with Crippen molar-refractivity contribution < 1.29 is 22.7 Å². The van der Waals surface area contributed by atoms with E-state index in [-0.39, 0.29) is 24.5 Å². The first-order valence-corrected chi connectivity index (χ1v) is 11.7. The normalized spacial score (nSPS) is 16.5. The Morgan fingerprint density at radius 3 is 2.58 bits per heavy atom. The summed E-state index contributed by atoms with van der Waals surface area (Å²) in [6, 6.07) is 10.2. The van der Waals surface area contributed by atoms with Gasteiger partial charge in [0, 0.05) is 37.1 Å². The number of sulfonamides is 1. The molecule has 1 aliphatic heterocycles. The lowest BCUT2D eigenvalue weighted by atomic mass is 9.98. The van der Waals surface area contributed by atoms with Gasteiger partial charge in [0.2, 0.25) is 10.0 Å². The van der Waals surface area contributed by atoms with Crippen molar-refractivity contribution in [2.45, 2.75) is 37.3 Å². The lowest BCUT2D eigenvalue weighted by Crippen LogP contribution is -2.42. The highest BCUT2D eigenvalue weighted by atomic mass is 35.5. The zero-order valence-corrected chi connectivity index (χ0v) is 18.6. The Bertz CT molecular complexity index is 1020. The van der Waals surface area contributed by atoms with Gasteiger partial charge in [-0.1, -0.05) is 29.8 Å². The highest BCUT2D eigenvalue weighted by Crippen LogP contribution is 2.24. The molecular weight excluding hydrogens is 442 g/mol. The third-order valence-electron chi connectivity index (χ3n) is 5.13. The van der Waals surface area contributed by atoms with E-state index >= 15 is 0 Å². The van der Waals surface area contributed by atoms with E-state index in [1.165, 1.54) is 29.7 Å². The fourth-order valence-corrected chi connectivity index (χ4v) is 4.91. The molecule has 0 bridgehead atoms. The fourth-order valence-electron chi connectivity index (χ4n) is 3.27. The van der Waals surface area contributed by atoms with Crippen LogP contribution in [0.4, 0.5) is 0 Å². The Labute approximate surface area is 186 Å². The summed E-state index contributed by atoms with van der Waals surface area (Å²) in [7, 11) is -3.64. The topological polar surface area (TPSA) is 106 Å². The molecule has 0 saturated carbocycles. The highest BCUT2D eigenvalue weighted by Gasteiger charge is 2.34. The van der Waals surface area contributed by atoms with Gasteiger partial charge < -0.3 is 10.1 Å². The van der Waals surface area contributed by atoms with E-state index in [4.69, 9.17) is 16.3 Å². The number of nitrogens with zero attached hydrogens (tertiary/aromatic N) is 2. The molecular formula is C21H24ClN3O5S. The minimum atomic E-state index is -3.64. The number of esters is 1. The molecule has 1 N–H and O–H groups in total. The van der Waals surface area contributed by atoms with Crippen molar-refractivity contribution in [1.29, 1.82) is 0 Å². The van der Waals surface area contributed by atoms with Gasteiger partial charge in [-0.15, -0.1) is 0 Å². The van der Waals surface area contributed by atoms with Gasteiger partial charge in [0.05, 0.1) is 5.92 Å². The SMILES string of the molecule is CC(OC(=O)C1CCN(S(=O)(=O)c2cccnc2)CC1)C(=O)NCc1ccccc1Cl. The Morgan fingerprint density at radius 2 is 1.94 bits per heavy atom. The number of amides is 1. The van der Waals surface area contributed by atoms with Gasteiger partial charge in [0.15, 0.2) is 6.10 Å². The Morgan fingerprint density at radius 1 is 1.23 bits per heavy atom. The molecule has 1 atom stereocenters. The third-order valence-corrected chi connectivity index (χ3v) is 7.38. The summed E-state index contributed by atoms with van der Waals surface area (Å²) in [6.07, 6.45) is 2.50. The monoisotopic (exact) mass is 465 g/mol. The van der Waals surface area contributed by atoms with Crippen molar-refractivity contribution in [3.05, 3.63) is 59.4 Å². The number of rotatable bonds is 7. The molecule has 1 saturated heterocycles. The molecule has 0 radical (unpaired) electrons. The van der Waals surface area contributed by atoms with Gasteiger partial charge >= 0.3 is 5.97 Å². The van der Waals surface area contributed by atoms with Crippen LogP contribution in [0.15, 0.2) is 53.7 Å². The third kappa shape index (κ3) is 5.81. The number of carbonyl (C=O) groups is 2. The molecule has 3 rings (SSSR count). The van der Waals surface area contributed by atoms with E-state index in [1.54, 1.807) is 24.3 Å². The smallest absolute Gasteiger partial charge is 0.309 e. The minimum Gasteiger partial charge on any atom is -0.452 e. The number of carbonyl (C=O) groups excluding carboxylic acids is 2. The lowest BCUT2D eigenvalue weighted by Gasteiger charge is -2.30. The standard InChI is InChI=1S/C21H24ClN3O5S/c1-15(20(26)24-13-17-5-2-3-7-19(17)22)30-21(27)16-8-11-25(12-9-16)31(28,29)18-6-4-10-23-14-18/h2-7,10,14-16H,8-9,11-13H2,1H3,(H,24,26). The maximum absolute atomic E-state index is 12.7. The summed E-state index contributed by atoms with van der Waals surface area (Å²) in [4.78, 5) is 28.7. The van der Waals surface area contributed by atoms with Crippen LogP contribution in [-0.2, 0) is 30.9 Å². The first-order chi connectivity index (χ1) is 14.8. The van der Waals surface area contributed by atoms with Gasteiger partial charge in [-0.25, -0.2) is 8.42 Å². The zero-order valence-electron chi connectivity index (χ0n) is 17.0. The second-order valence-corrected chi connectivity index (χ2v) is 9.60. The average molecular weight is 466 g/mol. The van der Waals surface area contributed by atoms with Gasteiger partial charge in [0.25, 0.3) is 5.91 Å². The largest absolute Gasteiger partial charge is 0.452 e. The van der Waals surface area contributed by atoms with E-state index in [9.17, 15) is 18.0 Å². The number of aromatic nitrogens is 1. The molecule has 2 heterocycles. The maximum Gasteiger partial charge on any atom is 0.309 e. The first kappa shape index (κ1) is 23.2. The molecule has 10 heteroatoms. The minimum absolute atomic E-state index is 0.125. The van der Waals surface area contributed by atoms with Crippen molar-refractivity contribution in [2.75, 3.05) is 13.1 Å². The fraction of sp³-hybridized carbons (Fsp3) is 0.381. The van der Waals surface area contributed by atoms with E-state index in [0.717, 1.165) is 5.56 Å². The average Bonchev–Trinajstić information content (AvgIpc) is 2.79. The molecule has 0 aliphatic carbocycles. The molecule has 1 fully saturated rings. The van der Waals surface area contributed by atoms with Gasteiger partial charge in [-0.3, -0.25) is 14.6 Å². The lowest BCUT2D eigenvalue weighted by molar-refractivity contribution is -0.159. The van der Waals surface area contributed by atoms with Crippen LogP contribution in [-0.4, -0.2) is 48.8 Å². The number of piperidine rings is 1. The number of nitrogens with one attached hydrogen (secondary N) is 1. The van der Waals surface area contributed by atoms with Crippen LogP contribution in [0.1, 0.15) is 25.3 Å². The number of halogens is 1. The molecule has 1 aliphatic rings. The number of hydrogen-bond acceptors (Lipinski definition) is 6. The molecule has 2 aromatic rings. The van der Waals surface area contributed by atoms with Crippen molar-refractivity contribution in [3.8, 4) is 0 Å². The van der Waals surface area contributed by atoms with Crippen molar-refractivity contribution >= 4 is 33.5 Å². The summed E-state index contributed by atoms with van der Waals surface area (Å²) in [5.41, 5.74) is 0.762. The van der Waals surface area contributed by atoms with Crippen molar-refractivity contribution in [3.63, 3.8) is 0 Å². The second kappa shape index (κ2) is 10.2. The van der Waals surface area contributed by atoms with E-state index < -0.39 is 33.9 Å². The molecule has 1 amide bonds. The van der Waals surface area contributed by atoms with E-state index in [2.05, 4.69) is 10.3 Å². The van der Waals surface area contributed by atoms with Crippen molar-refractivity contribution in [1.82, 2.24) is 14.6 Å². The molecule has 0 spiro atoms. The van der Waals surface area contributed by atoms with Crippen LogP contribution in [0.3, 0.4) is 0 Å². The summed E-state index contributed by atoms with van der Waals surface area (Å²) in [5, 5.41) is 3.24. The number of ether oxygens (including phenoxy) is 1. The van der Waals surface area contributed by atoms with E-state index in [1.807, 2.05) is 6.07 Å². The molecule has 1 aromatic carbocycles. The van der Waals surface area contributed by atoms with Crippen molar-refractivity contribution in [2.24, 2.45) is 5.92 Å². The van der Waals surface area contributed by atoms with Crippen LogP contribution >= 0.6 is 11.6 Å². The predicted octanol–water partition coefficient (Wildman–Crippen LogP) is 2.38. The first-order valence-electron chi connectivity index (χ1n) is 9.91. The maximum atomic E-state index is 12.7. The number of benzene rings is 1. The van der Waals surface area contributed by atoms with Crippen LogP contribution in [0, 0.1) is 5.92 Å². The summed E-state index contributed by atoms with van der Waals surface area (Å²) in [6.45, 7) is 2.13. The second-order valence-electron chi connectivity index (χ2n) is 7.26. The van der Waals surface area contributed by atoms with Crippen LogP contribution in [0.2, 0.25) is 5.02 Å². The number of pyridine rings is 1. The Kier molecular flexibility index (Phi) is 7.64. The Balaban J connectivity index is 1.48. The van der Waals surface area contributed by atoms with Crippen LogP contribution in [0.5, 0.6) is 0 Å². The highest BCUT2D eigenvalue weighted by molar-refractivity contribution is 7.89. The zero-order chi connectivity index (χ0) is 22.4. The van der Waals surface area contributed by atoms with Gasteiger partial charge in [-0.2, -0.15) is 4.31 Å². The molecule has 31 heavy (non-hydrogen) atoms. The quantitative estimate of drug-likeness (QED) is 0.629. The predicted molar refractivity (Wildman–Crippen MR) is 115 cm³/mol. The van der Waals surface area contributed by atoms with E-state index in [0.29, 0.717) is 17.9 Å². The number of hydrogen-bond donors (Lipinski definition) is 1. The molecule has 8 nitrogen and oxygen atoms in total. The summed E-state index contributed by atoms with van der Waals surface area (Å²) >= 11 is 6.07. The molecule has 1 unspecified atom stereocenters.